The predicted octanol–water partition coefficient (Wildman–Crippen LogP) is 2.64. The molecule has 0 aromatic carbocycles. The minimum absolute atomic E-state index is 0.0350. The topological polar surface area (TPSA) is 46.0 Å². The second-order valence-electron chi connectivity index (χ2n) is 2.89. The summed E-state index contributed by atoms with van der Waals surface area (Å²) < 4.78 is 0. The average Bonchev–Trinajstić information content (AvgIpc) is 2.11. The van der Waals surface area contributed by atoms with Gasteiger partial charge in [0.15, 0.2) is 10.3 Å². The van der Waals surface area contributed by atoms with E-state index in [-0.39, 0.29) is 5.25 Å². The molecule has 0 bridgehead atoms. The maximum absolute atomic E-state index is 9.31. The fourth-order valence-corrected chi connectivity index (χ4v) is 2.07. The number of aliphatic hydroxyl groups excluding tert-OH is 1. The van der Waals surface area contributed by atoms with Crippen molar-refractivity contribution in [3.63, 3.8) is 0 Å². The lowest BCUT2D eigenvalue weighted by molar-refractivity contribution is 0.196. The van der Waals surface area contributed by atoms with Crippen molar-refractivity contribution in [1.29, 1.82) is 0 Å². The Hall–Kier alpha value is -0.0300. The van der Waals surface area contributed by atoms with E-state index in [1.807, 2.05) is 6.92 Å². The highest BCUT2D eigenvalue weighted by Crippen LogP contribution is 2.31. The van der Waals surface area contributed by atoms with Crippen LogP contribution in [0, 0.1) is 0 Å². The van der Waals surface area contributed by atoms with Gasteiger partial charge >= 0.3 is 0 Å². The Morgan fingerprint density at radius 1 is 1.36 bits per heavy atom. The van der Waals surface area contributed by atoms with Gasteiger partial charge in [-0.15, -0.1) is 22.0 Å². The molecule has 1 aromatic heterocycles. The molecular weight excluding hydrogens is 243 g/mol. The lowest BCUT2D eigenvalue weighted by Gasteiger charge is -2.14. The second-order valence-corrected chi connectivity index (χ2v) is 5.05. The summed E-state index contributed by atoms with van der Waals surface area (Å²) in [6.45, 7) is 3.63. The second kappa shape index (κ2) is 5.16. The van der Waals surface area contributed by atoms with E-state index >= 15 is 0 Å². The third kappa shape index (κ3) is 3.28. The summed E-state index contributed by atoms with van der Waals surface area (Å²) in [6, 6.07) is 1.64. The van der Waals surface area contributed by atoms with Gasteiger partial charge < -0.3 is 5.11 Å². The zero-order valence-electron chi connectivity index (χ0n) is 7.74. The number of aromatic nitrogens is 2. The fourth-order valence-electron chi connectivity index (χ4n) is 0.719. The first-order valence-corrected chi connectivity index (χ1v) is 5.67. The molecule has 0 amide bonds. The van der Waals surface area contributed by atoms with Crippen molar-refractivity contribution in [1.82, 2.24) is 10.2 Å². The molecule has 1 heterocycles. The normalized spacial score (nSPS) is 15.2. The first-order valence-electron chi connectivity index (χ1n) is 4.04. The Morgan fingerprint density at radius 2 is 2.00 bits per heavy atom. The molecule has 2 unspecified atom stereocenters. The molecule has 0 fully saturated rings. The SMILES string of the molecule is CC(O)C(C)Sc1cc(Cl)nnc1Cl. The van der Waals surface area contributed by atoms with Crippen LogP contribution in [0.5, 0.6) is 0 Å². The summed E-state index contributed by atoms with van der Waals surface area (Å²) in [5.74, 6) is 0. The van der Waals surface area contributed by atoms with Crippen molar-refractivity contribution < 1.29 is 5.11 Å². The maximum Gasteiger partial charge on any atom is 0.165 e. The Bertz CT molecular complexity index is 322. The van der Waals surface area contributed by atoms with Crippen LogP contribution in [0.15, 0.2) is 11.0 Å². The molecular formula is C8H10Cl2N2OS. The van der Waals surface area contributed by atoms with Gasteiger partial charge in [0.25, 0.3) is 0 Å². The first-order chi connectivity index (χ1) is 6.50. The van der Waals surface area contributed by atoms with E-state index in [4.69, 9.17) is 23.2 Å². The number of nitrogens with zero attached hydrogens (tertiary/aromatic N) is 2. The summed E-state index contributed by atoms with van der Waals surface area (Å²) in [7, 11) is 0. The number of hydrogen-bond acceptors (Lipinski definition) is 4. The van der Waals surface area contributed by atoms with Crippen molar-refractivity contribution in [2.45, 2.75) is 30.1 Å². The van der Waals surface area contributed by atoms with Crippen LogP contribution >= 0.6 is 35.0 Å². The molecule has 78 valence electrons. The lowest BCUT2D eigenvalue weighted by atomic mass is 10.3. The van der Waals surface area contributed by atoms with Crippen LogP contribution in [0.2, 0.25) is 10.3 Å². The van der Waals surface area contributed by atoms with Crippen LogP contribution in [0.4, 0.5) is 0 Å². The summed E-state index contributed by atoms with van der Waals surface area (Å²) in [6.07, 6.45) is -0.414. The molecule has 0 saturated carbocycles. The Balaban J connectivity index is 2.80. The molecule has 0 aliphatic rings. The highest BCUT2D eigenvalue weighted by atomic mass is 35.5. The molecule has 0 aliphatic heterocycles. The molecule has 0 saturated heterocycles. The summed E-state index contributed by atoms with van der Waals surface area (Å²) in [5, 5.41) is 17.2. The Morgan fingerprint density at radius 3 is 2.57 bits per heavy atom. The number of rotatable bonds is 3. The van der Waals surface area contributed by atoms with Crippen LogP contribution in [0.1, 0.15) is 13.8 Å². The molecule has 14 heavy (non-hydrogen) atoms. The lowest BCUT2D eigenvalue weighted by Crippen LogP contribution is -2.15. The molecule has 0 spiro atoms. The largest absolute Gasteiger partial charge is 0.392 e. The van der Waals surface area contributed by atoms with E-state index < -0.39 is 6.10 Å². The predicted molar refractivity (Wildman–Crippen MR) is 59.1 cm³/mol. The van der Waals surface area contributed by atoms with Crippen molar-refractivity contribution in [3.8, 4) is 0 Å². The van der Waals surface area contributed by atoms with Crippen molar-refractivity contribution in [3.05, 3.63) is 16.4 Å². The minimum Gasteiger partial charge on any atom is -0.392 e. The van der Waals surface area contributed by atoms with Crippen LogP contribution in [0.25, 0.3) is 0 Å². The van der Waals surface area contributed by atoms with E-state index in [9.17, 15) is 5.11 Å². The summed E-state index contributed by atoms with van der Waals surface area (Å²) in [5.41, 5.74) is 0. The Kier molecular flexibility index (Phi) is 4.44. The van der Waals surface area contributed by atoms with Gasteiger partial charge in [-0.25, -0.2) is 0 Å². The van der Waals surface area contributed by atoms with Gasteiger partial charge in [-0.1, -0.05) is 30.1 Å². The third-order valence-electron chi connectivity index (χ3n) is 1.68. The monoisotopic (exact) mass is 252 g/mol. The molecule has 1 aromatic rings. The summed E-state index contributed by atoms with van der Waals surface area (Å²) in [4.78, 5) is 0.736. The van der Waals surface area contributed by atoms with Crippen LogP contribution < -0.4 is 0 Å². The van der Waals surface area contributed by atoms with Crippen LogP contribution in [0.3, 0.4) is 0 Å². The molecule has 1 N–H and O–H groups in total. The highest BCUT2D eigenvalue weighted by Gasteiger charge is 2.13. The fraction of sp³-hybridized carbons (Fsp3) is 0.500. The summed E-state index contributed by atoms with van der Waals surface area (Å²) >= 11 is 12.9. The quantitative estimate of drug-likeness (QED) is 0.841. The van der Waals surface area contributed by atoms with Gasteiger partial charge in [0.1, 0.15) is 0 Å². The minimum atomic E-state index is -0.414. The highest BCUT2D eigenvalue weighted by molar-refractivity contribution is 8.00. The molecule has 6 heteroatoms. The van der Waals surface area contributed by atoms with E-state index in [1.54, 1.807) is 13.0 Å². The number of thioether (sulfide) groups is 1. The molecule has 2 atom stereocenters. The van der Waals surface area contributed by atoms with Gasteiger partial charge in [-0.3, -0.25) is 0 Å². The van der Waals surface area contributed by atoms with Gasteiger partial charge in [0.2, 0.25) is 0 Å². The van der Waals surface area contributed by atoms with Crippen molar-refractivity contribution >= 4 is 35.0 Å². The van der Waals surface area contributed by atoms with E-state index in [0.717, 1.165) is 4.90 Å². The van der Waals surface area contributed by atoms with Gasteiger partial charge in [-0.2, -0.15) is 0 Å². The first kappa shape index (κ1) is 12.0. The van der Waals surface area contributed by atoms with E-state index in [0.29, 0.717) is 10.3 Å². The Labute approximate surface area is 96.8 Å². The van der Waals surface area contributed by atoms with Crippen molar-refractivity contribution in [2.75, 3.05) is 0 Å². The van der Waals surface area contributed by atoms with E-state index in [2.05, 4.69) is 10.2 Å². The number of halogens is 2. The maximum atomic E-state index is 9.31. The van der Waals surface area contributed by atoms with Gasteiger partial charge in [-0.05, 0) is 13.0 Å². The molecule has 0 aliphatic carbocycles. The van der Waals surface area contributed by atoms with Gasteiger partial charge in [0.05, 0.1) is 11.0 Å². The molecule has 3 nitrogen and oxygen atoms in total. The zero-order chi connectivity index (χ0) is 10.7. The standard InChI is InChI=1S/C8H10Cl2N2OS/c1-4(13)5(2)14-6-3-7(9)11-12-8(6)10/h3-5,13H,1-2H3. The van der Waals surface area contributed by atoms with Crippen LogP contribution in [-0.2, 0) is 0 Å². The van der Waals surface area contributed by atoms with Crippen LogP contribution in [-0.4, -0.2) is 26.7 Å². The van der Waals surface area contributed by atoms with Gasteiger partial charge in [0, 0.05) is 5.25 Å². The number of hydrogen-bond donors (Lipinski definition) is 1. The zero-order valence-corrected chi connectivity index (χ0v) is 10.1. The molecule has 0 radical (unpaired) electrons. The smallest absolute Gasteiger partial charge is 0.165 e. The third-order valence-corrected chi connectivity index (χ3v) is 3.59. The number of aliphatic hydroxyl groups is 1. The molecule has 1 rings (SSSR count). The average molecular weight is 253 g/mol. The van der Waals surface area contributed by atoms with Crippen molar-refractivity contribution in [2.24, 2.45) is 0 Å². The van der Waals surface area contributed by atoms with E-state index in [1.165, 1.54) is 11.8 Å².